The summed E-state index contributed by atoms with van der Waals surface area (Å²) >= 11 is 0. The number of aromatic nitrogens is 3. The molecule has 0 saturated carbocycles. The van der Waals surface area contributed by atoms with Crippen LogP contribution in [0.4, 0.5) is 0 Å². The number of nitrogens with zero attached hydrogens (tertiary/aromatic N) is 3. The molecule has 0 spiro atoms. The molecule has 0 aliphatic carbocycles. The van der Waals surface area contributed by atoms with Crippen LogP contribution in [0, 0.1) is 6.92 Å². The number of hydrogen-bond acceptors (Lipinski definition) is 4. The van der Waals surface area contributed by atoms with E-state index in [0.29, 0.717) is 17.0 Å². The highest BCUT2D eigenvalue weighted by atomic mass is 16.5. The topological polar surface area (TPSA) is 56.5 Å². The summed E-state index contributed by atoms with van der Waals surface area (Å²) in [6, 6.07) is 11.4. The molecule has 1 aromatic carbocycles. The van der Waals surface area contributed by atoms with Gasteiger partial charge in [0.05, 0.1) is 7.11 Å². The van der Waals surface area contributed by atoms with Crippen LogP contribution in [0.2, 0.25) is 0 Å². The van der Waals surface area contributed by atoms with Gasteiger partial charge in [-0.15, -0.1) is 10.2 Å². The maximum absolute atomic E-state index is 11.7. The lowest BCUT2D eigenvalue weighted by atomic mass is 10.1. The lowest BCUT2D eigenvalue weighted by Gasteiger charge is -2.03. The van der Waals surface area contributed by atoms with Crippen molar-refractivity contribution >= 4 is 11.6 Å². The Bertz CT molecular complexity index is 775. The van der Waals surface area contributed by atoms with E-state index >= 15 is 0 Å². The zero-order valence-corrected chi connectivity index (χ0v) is 11.2. The predicted octanol–water partition coefficient (Wildman–Crippen LogP) is 2.49. The summed E-state index contributed by atoms with van der Waals surface area (Å²) in [7, 11) is 1.35. The van der Waals surface area contributed by atoms with Crippen molar-refractivity contribution in [3.05, 3.63) is 53.7 Å². The van der Waals surface area contributed by atoms with Crippen LogP contribution in [-0.2, 0) is 4.74 Å². The highest BCUT2D eigenvalue weighted by molar-refractivity contribution is 5.95. The van der Waals surface area contributed by atoms with Gasteiger partial charge in [0.25, 0.3) is 0 Å². The second kappa shape index (κ2) is 4.77. The van der Waals surface area contributed by atoms with Gasteiger partial charge >= 0.3 is 5.97 Å². The van der Waals surface area contributed by atoms with Gasteiger partial charge in [0, 0.05) is 11.8 Å². The van der Waals surface area contributed by atoms with Gasteiger partial charge in [0.2, 0.25) is 0 Å². The maximum atomic E-state index is 11.7. The SMILES string of the molecule is COC(=O)c1cccn2c(-c3ccc(C)cc3)nnc12. The Labute approximate surface area is 115 Å². The monoisotopic (exact) mass is 267 g/mol. The molecule has 100 valence electrons. The van der Waals surface area contributed by atoms with E-state index < -0.39 is 5.97 Å². The third-order valence-electron chi connectivity index (χ3n) is 3.15. The van der Waals surface area contributed by atoms with Gasteiger partial charge < -0.3 is 4.74 Å². The Morgan fingerprint density at radius 3 is 2.60 bits per heavy atom. The van der Waals surface area contributed by atoms with Crippen LogP contribution >= 0.6 is 0 Å². The van der Waals surface area contributed by atoms with Crippen molar-refractivity contribution in [2.45, 2.75) is 6.92 Å². The van der Waals surface area contributed by atoms with Gasteiger partial charge in [-0.1, -0.05) is 29.8 Å². The maximum Gasteiger partial charge on any atom is 0.341 e. The molecule has 3 aromatic rings. The second-order valence-electron chi connectivity index (χ2n) is 4.50. The smallest absolute Gasteiger partial charge is 0.341 e. The molecular formula is C15H13N3O2. The Balaban J connectivity index is 2.19. The molecule has 5 heteroatoms. The van der Waals surface area contributed by atoms with Crippen molar-refractivity contribution < 1.29 is 9.53 Å². The molecule has 5 nitrogen and oxygen atoms in total. The van der Waals surface area contributed by atoms with E-state index in [9.17, 15) is 4.79 Å². The van der Waals surface area contributed by atoms with E-state index in [0.717, 1.165) is 5.56 Å². The number of esters is 1. The average molecular weight is 267 g/mol. The van der Waals surface area contributed by atoms with Crippen LogP contribution in [0.15, 0.2) is 42.6 Å². The Morgan fingerprint density at radius 1 is 1.15 bits per heavy atom. The largest absolute Gasteiger partial charge is 0.465 e. The van der Waals surface area contributed by atoms with Gasteiger partial charge in [0.15, 0.2) is 11.5 Å². The van der Waals surface area contributed by atoms with Crippen molar-refractivity contribution in [3.63, 3.8) is 0 Å². The summed E-state index contributed by atoms with van der Waals surface area (Å²) < 4.78 is 6.54. The summed E-state index contributed by atoms with van der Waals surface area (Å²) in [5.41, 5.74) is 3.03. The van der Waals surface area contributed by atoms with Gasteiger partial charge in [-0.25, -0.2) is 4.79 Å². The van der Waals surface area contributed by atoms with Gasteiger partial charge in [-0.05, 0) is 19.1 Å². The summed E-state index contributed by atoms with van der Waals surface area (Å²) in [4.78, 5) is 11.7. The zero-order valence-electron chi connectivity index (χ0n) is 11.2. The van der Waals surface area contributed by atoms with Crippen molar-refractivity contribution in [3.8, 4) is 11.4 Å². The van der Waals surface area contributed by atoms with E-state index in [1.54, 1.807) is 16.5 Å². The number of carbonyl (C=O) groups excluding carboxylic acids is 1. The molecule has 0 aliphatic rings. The number of hydrogen-bond donors (Lipinski definition) is 0. The molecule has 0 aliphatic heterocycles. The zero-order chi connectivity index (χ0) is 14.1. The molecule has 0 radical (unpaired) electrons. The molecule has 0 N–H and O–H groups in total. The predicted molar refractivity (Wildman–Crippen MR) is 74.5 cm³/mol. The first kappa shape index (κ1) is 12.3. The van der Waals surface area contributed by atoms with Crippen molar-refractivity contribution in [2.75, 3.05) is 7.11 Å². The number of fused-ring (bicyclic) bond motifs is 1. The standard InChI is InChI=1S/C15H13N3O2/c1-10-5-7-11(8-6-10)13-16-17-14-12(15(19)20-2)4-3-9-18(13)14/h3-9H,1-2H3. The molecule has 0 bridgehead atoms. The third-order valence-corrected chi connectivity index (χ3v) is 3.15. The molecule has 0 saturated heterocycles. The number of benzene rings is 1. The first-order valence-electron chi connectivity index (χ1n) is 6.20. The third kappa shape index (κ3) is 1.93. The summed E-state index contributed by atoms with van der Waals surface area (Å²) in [6.45, 7) is 2.03. The number of aryl methyl sites for hydroxylation is 1. The van der Waals surface area contributed by atoms with Gasteiger partial charge in [-0.3, -0.25) is 4.40 Å². The van der Waals surface area contributed by atoms with Crippen LogP contribution in [-0.4, -0.2) is 27.7 Å². The van der Waals surface area contributed by atoms with Crippen LogP contribution in [0.5, 0.6) is 0 Å². The quantitative estimate of drug-likeness (QED) is 0.669. The lowest BCUT2D eigenvalue weighted by Crippen LogP contribution is -2.04. The number of ether oxygens (including phenoxy) is 1. The highest BCUT2D eigenvalue weighted by Crippen LogP contribution is 2.20. The second-order valence-corrected chi connectivity index (χ2v) is 4.50. The van der Waals surface area contributed by atoms with Crippen LogP contribution in [0.1, 0.15) is 15.9 Å². The highest BCUT2D eigenvalue weighted by Gasteiger charge is 2.15. The van der Waals surface area contributed by atoms with Gasteiger partial charge in [0.1, 0.15) is 5.56 Å². The fourth-order valence-electron chi connectivity index (χ4n) is 2.08. The fraction of sp³-hybridized carbons (Fsp3) is 0.133. The van der Waals surface area contributed by atoms with Gasteiger partial charge in [-0.2, -0.15) is 0 Å². The first-order chi connectivity index (χ1) is 9.70. The Kier molecular flexibility index (Phi) is 2.95. The molecule has 3 rings (SSSR count). The lowest BCUT2D eigenvalue weighted by molar-refractivity contribution is 0.0602. The molecule has 20 heavy (non-hydrogen) atoms. The normalized spacial score (nSPS) is 10.7. The summed E-state index contributed by atoms with van der Waals surface area (Å²) in [5, 5.41) is 8.28. The molecule has 0 atom stereocenters. The van der Waals surface area contributed by atoms with E-state index in [4.69, 9.17) is 4.74 Å². The fourth-order valence-corrected chi connectivity index (χ4v) is 2.08. The van der Waals surface area contributed by atoms with E-state index in [-0.39, 0.29) is 0 Å². The number of pyridine rings is 1. The average Bonchev–Trinajstić information content (AvgIpc) is 2.91. The molecule has 0 unspecified atom stereocenters. The summed E-state index contributed by atoms with van der Waals surface area (Å²) in [5.74, 6) is 0.282. The Morgan fingerprint density at radius 2 is 1.90 bits per heavy atom. The minimum absolute atomic E-state index is 0.404. The van der Waals surface area contributed by atoms with Crippen molar-refractivity contribution in [1.29, 1.82) is 0 Å². The molecule has 2 heterocycles. The van der Waals surface area contributed by atoms with E-state index in [1.165, 1.54) is 12.7 Å². The van der Waals surface area contributed by atoms with Crippen LogP contribution < -0.4 is 0 Å². The van der Waals surface area contributed by atoms with Crippen LogP contribution in [0.3, 0.4) is 0 Å². The molecule has 2 aromatic heterocycles. The number of carbonyl (C=O) groups is 1. The van der Waals surface area contributed by atoms with E-state index in [2.05, 4.69) is 10.2 Å². The first-order valence-corrected chi connectivity index (χ1v) is 6.20. The molecule has 0 fully saturated rings. The molecular weight excluding hydrogens is 254 g/mol. The van der Waals surface area contributed by atoms with Crippen LogP contribution in [0.25, 0.3) is 17.0 Å². The summed E-state index contributed by atoms with van der Waals surface area (Å²) in [6.07, 6.45) is 1.83. The minimum Gasteiger partial charge on any atom is -0.465 e. The number of methoxy groups -OCH3 is 1. The minimum atomic E-state index is -0.418. The van der Waals surface area contributed by atoms with Crippen molar-refractivity contribution in [2.24, 2.45) is 0 Å². The van der Waals surface area contributed by atoms with E-state index in [1.807, 2.05) is 37.4 Å². The number of rotatable bonds is 2. The Hall–Kier alpha value is -2.69. The van der Waals surface area contributed by atoms with Crippen molar-refractivity contribution in [1.82, 2.24) is 14.6 Å². The molecule has 0 amide bonds.